The number of hydrogen-bond acceptors (Lipinski definition) is 4. The van der Waals surface area contributed by atoms with Crippen molar-refractivity contribution in [3.63, 3.8) is 0 Å². The Balaban J connectivity index is 1.46. The lowest BCUT2D eigenvalue weighted by Gasteiger charge is -2.34. The predicted molar refractivity (Wildman–Crippen MR) is 110 cm³/mol. The van der Waals surface area contributed by atoms with Gasteiger partial charge in [0.15, 0.2) is 0 Å². The van der Waals surface area contributed by atoms with E-state index in [0.717, 1.165) is 23.0 Å². The molecule has 5 nitrogen and oxygen atoms in total. The summed E-state index contributed by atoms with van der Waals surface area (Å²) in [6.07, 6.45) is 4.29. The van der Waals surface area contributed by atoms with Gasteiger partial charge in [0.05, 0.1) is 13.6 Å². The number of carbonyl (C=O) groups excluding carboxylic acids is 1. The van der Waals surface area contributed by atoms with Crippen LogP contribution in [0.15, 0.2) is 39.0 Å². The van der Waals surface area contributed by atoms with Gasteiger partial charge in [0, 0.05) is 26.2 Å². The number of nitrogens with zero attached hydrogens (tertiary/aromatic N) is 2. The Hall–Kier alpha value is -1.22. The summed E-state index contributed by atoms with van der Waals surface area (Å²) in [5, 5.41) is 0. The minimum atomic E-state index is -3.51. The second-order valence-corrected chi connectivity index (χ2v) is 11.3. The smallest absolute Gasteiger partial charge is 0.264 e. The first-order valence-corrected chi connectivity index (χ1v) is 12.2. The predicted octanol–water partition coefficient (Wildman–Crippen LogP) is 3.54. The fourth-order valence-electron chi connectivity index (χ4n) is 3.74. The van der Waals surface area contributed by atoms with Crippen molar-refractivity contribution in [2.24, 2.45) is 0 Å². The molecule has 1 fully saturated rings. The molecule has 0 N–H and O–H groups in total. The molecule has 1 aliphatic heterocycles. The molecule has 0 unspecified atom stereocenters. The first kappa shape index (κ1) is 19.1. The topological polar surface area (TPSA) is 57.7 Å². The van der Waals surface area contributed by atoms with E-state index in [1.54, 1.807) is 17.0 Å². The molecule has 0 atom stereocenters. The quantitative estimate of drug-likeness (QED) is 0.691. The van der Waals surface area contributed by atoms with E-state index < -0.39 is 10.0 Å². The van der Waals surface area contributed by atoms with E-state index in [1.807, 2.05) is 18.2 Å². The molecule has 0 spiro atoms. The van der Waals surface area contributed by atoms with Gasteiger partial charge in [-0.25, -0.2) is 8.42 Å². The SMILES string of the molecule is O=C(c1ccc(Br)s1)N1CCN(S(=O)(=O)c2ccc3c(c2)CCCC3)CC1. The molecular formula is C19H21BrN2O3S2. The Morgan fingerprint density at radius 2 is 1.67 bits per heavy atom. The average molecular weight is 469 g/mol. The molecule has 1 aromatic heterocycles. The van der Waals surface area contributed by atoms with Gasteiger partial charge in [-0.15, -0.1) is 11.3 Å². The summed E-state index contributed by atoms with van der Waals surface area (Å²) in [4.78, 5) is 15.3. The molecule has 0 radical (unpaired) electrons. The lowest BCUT2D eigenvalue weighted by atomic mass is 9.92. The zero-order valence-corrected chi connectivity index (χ0v) is 18.1. The van der Waals surface area contributed by atoms with E-state index in [1.165, 1.54) is 33.2 Å². The molecule has 27 heavy (non-hydrogen) atoms. The maximum Gasteiger partial charge on any atom is 0.264 e. The lowest BCUT2D eigenvalue weighted by molar-refractivity contribution is 0.0703. The molecule has 1 aromatic carbocycles. The number of fused-ring (bicyclic) bond motifs is 1. The summed E-state index contributed by atoms with van der Waals surface area (Å²) >= 11 is 4.77. The van der Waals surface area contributed by atoms with Crippen molar-refractivity contribution in [3.8, 4) is 0 Å². The number of thiophene rings is 1. The molecule has 2 heterocycles. The number of piperazine rings is 1. The summed E-state index contributed by atoms with van der Waals surface area (Å²) < 4.78 is 28.5. The Labute approximate surface area is 172 Å². The largest absolute Gasteiger partial charge is 0.335 e. The normalized spacial score (nSPS) is 18.3. The van der Waals surface area contributed by atoms with Crippen molar-refractivity contribution in [2.75, 3.05) is 26.2 Å². The fourth-order valence-corrected chi connectivity index (χ4v) is 6.56. The number of sulfonamides is 1. The van der Waals surface area contributed by atoms with E-state index in [4.69, 9.17) is 0 Å². The summed E-state index contributed by atoms with van der Waals surface area (Å²) in [5.41, 5.74) is 2.44. The minimum Gasteiger partial charge on any atom is -0.335 e. The second kappa shape index (κ2) is 7.66. The van der Waals surface area contributed by atoms with Gasteiger partial charge in [0.2, 0.25) is 10.0 Å². The van der Waals surface area contributed by atoms with Gasteiger partial charge >= 0.3 is 0 Å². The van der Waals surface area contributed by atoms with Crippen LogP contribution in [0.5, 0.6) is 0 Å². The highest BCUT2D eigenvalue weighted by atomic mass is 79.9. The molecule has 2 aromatic rings. The number of aryl methyl sites for hydroxylation is 2. The van der Waals surface area contributed by atoms with Crippen molar-refractivity contribution >= 4 is 43.2 Å². The third-order valence-electron chi connectivity index (χ3n) is 5.27. The highest BCUT2D eigenvalue weighted by molar-refractivity contribution is 9.11. The lowest BCUT2D eigenvalue weighted by Crippen LogP contribution is -2.50. The zero-order chi connectivity index (χ0) is 19.0. The molecule has 0 bridgehead atoms. The first-order valence-electron chi connectivity index (χ1n) is 9.12. The monoisotopic (exact) mass is 468 g/mol. The molecule has 2 aliphatic rings. The maximum atomic E-state index is 13.0. The van der Waals surface area contributed by atoms with Gasteiger partial charge < -0.3 is 4.90 Å². The third kappa shape index (κ3) is 3.85. The van der Waals surface area contributed by atoms with E-state index in [2.05, 4.69) is 15.9 Å². The number of halogens is 1. The first-order chi connectivity index (χ1) is 12.9. The van der Waals surface area contributed by atoms with Crippen molar-refractivity contribution < 1.29 is 13.2 Å². The van der Waals surface area contributed by atoms with Gasteiger partial charge in [-0.3, -0.25) is 4.79 Å². The molecule has 4 rings (SSSR count). The standard InChI is InChI=1S/C19H21BrN2O3S2/c20-18-8-7-17(26-18)19(23)21-9-11-22(12-10-21)27(24,25)16-6-5-14-3-1-2-4-15(14)13-16/h5-8,13H,1-4,9-12H2. The van der Waals surface area contributed by atoms with E-state index in [0.29, 0.717) is 36.0 Å². The van der Waals surface area contributed by atoms with Crippen LogP contribution in [-0.2, 0) is 22.9 Å². The molecule has 1 saturated heterocycles. The van der Waals surface area contributed by atoms with Crippen LogP contribution in [0.2, 0.25) is 0 Å². The Kier molecular flexibility index (Phi) is 5.42. The minimum absolute atomic E-state index is 0.0310. The number of carbonyl (C=O) groups is 1. The highest BCUT2D eigenvalue weighted by Crippen LogP contribution is 2.27. The van der Waals surface area contributed by atoms with Gasteiger partial charge in [0.1, 0.15) is 0 Å². The van der Waals surface area contributed by atoms with Gasteiger partial charge in [-0.05, 0) is 77.0 Å². The van der Waals surface area contributed by atoms with Gasteiger partial charge in [-0.1, -0.05) is 6.07 Å². The van der Waals surface area contributed by atoms with Crippen molar-refractivity contribution in [3.05, 3.63) is 50.1 Å². The number of hydrogen-bond donors (Lipinski definition) is 0. The molecular weight excluding hydrogens is 448 g/mol. The van der Waals surface area contributed by atoms with E-state index in [9.17, 15) is 13.2 Å². The average Bonchev–Trinajstić information content (AvgIpc) is 3.13. The van der Waals surface area contributed by atoms with Gasteiger partial charge in [-0.2, -0.15) is 4.31 Å². The fraction of sp³-hybridized carbons (Fsp3) is 0.421. The van der Waals surface area contributed by atoms with Crippen LogP contribution in [0.3, 0.4) is 0 Å². The van der Waals surface area contributed by atoms with Crippen LogP contribution in [-0.4, -0.2) is 49.7 Å². The van der Waals surface area contributed by atoms with Crippen LogP contribution in [0.25, 0.3) is 0 Å². The molecule has 8 heteroatoms. The molecule has 144 valence electrons. The summed E-state index contributed by atoms with van der Waals surface area (Å²) in [7, 11) is -3.51. The van der Waals surface area contributed by atoms with E-state index in [-0.39, 0.29) is 5.91 Å². The van der Waals surface area contributed by atoms with Crippen LogP contribution < -0.4 is 0 Å². The van der Waals surface area contributed by atoms with Crippen LogP contribution in [0.4, 0.5) is 0 Å². The Morgan fingerprint density at radius 1 is 0.963 bits per heavy atom. The third-order valence-corrected chi connectivity index (χ3v) is 8.77. The van der Waals surface area contributed by atoms with Crippen molar-refractivity contribution in [2.45, 2.75) is 30.6 Å². The van der Waals surface area contributed by atoms with Crippen LogP contribution in [0, 0.1) is 0 Å². The van der Waals surface area contributed by atoms with Gasteiger partial charge in [0.25, 0.3) is 5.91 Å². The van der Waals surface area contributed by atoms with Crippen LogP contribution >= 0.6 is 27.3 Å². The zero-order valence-electron chi connectivity index (χ0n) is 14.9. The maximum absolute atomic E-state index is 13.0. The Morgan fingerprint density at radius 3 is 2.33 bits per heavy atom. The number of benzene rings is 1. The van der Waals surface area contributed by atoms with Crippen molar-refractivity contribution in [1.29, 1.82) is 0 Å². The summed E-state index contributed by atoms with van der Waals surface area (Å²) in [6, 6.07) is 9.21. The molecule has 0 saturated carbocycles. The summed E-state index contributed by atoms with van der Waals surface area (Å²) in [6.45, 7) is 1.49. The van der Waals surface area contributed by atoms with Crippen molar-refractivity contribution in [1.82, 2.24) is 9.21 Å². The Bertz CT molecular complexity index is 963. The van der Waals surface area contributed by atoms with Crippen LogP contribution in [0.1, 0.15) is 33.6 Å². The number of rotatable bonds is 3. The number of amides is 1. The molecule has 1 amide bonds. The summed E-state index contributed by atoms with van der Waals surface area (Å²) in [5.74, 6) is -0.0310. The molecule has 1 aliphatic carbocycles. The second-order valence-electron chi connectivity index (χ2n) is 6.94. The van der Waals surface area contributed by atoms with E-state index >= 15 is 0 Å². The highest BCUT2D eigenvalue weighted by Gasteiger charge is 2.31.